The number of pyridine rings is 1. The van der Waals surface area contributed by atoms with Gasteiger partial charge in [0.05, 0.1) is 19.2 Å². The van der Waals surface area contributed by atoms with E-state index in [-0.39, 0.29) is 17.5 Å². The molecule has 20 heavy (non-hydrogen) atoms. The number of aromatic nitrogens is 1. The van der Waals surface area contributed by atoms with E-state index in [9.17, 15) is 4.79 Å². The summed E-state index contributed by atoms with van der Waals surface area (Å²) in [6.45, 7) is 0. The van der Waals surface area contributed by atoms with Gasteiger partial charge in [0, 0.05) is 10.7 Å². The van der Waals surface area contributed by atoms with Gasteiger partial charge in [-0.3, -0.25) is 4.79 Å². The van der Waals surface area contributed by atoms with Crippen LogP contribution in [0, 0.1) is 0 Å². The first-order valence-electron chi connectivity index (χ1n) is 5.82. The van der Waals surface area contributed by atoms with Gasteiger partial charge in [-0.15, -0.1) is 0 Å². The van der Waals surface area contributed by atoms with E-state index in [0.29, 0.717) is 5.69 Å². The molecule has 2 rings (SSSR count). The van der Waals surface area contributed by atoms with Gasteiger partial charge in [-0.1, -0.05) is 23.7 Å². The summed E-state index contributed by atoms with van der Waals surface area (Å²) in [7, 11) is 1.59. The number of hydrogen-bond acceptors (Lipinski definition) is 3. The number of carbonyl (C=O) groups excluding carboxylic acids is 1. The normalized spacial score (nSPS) is 10.2. The summed E-state index contributed by atoms with van der Waals surface area (Å²) >= 11 is 9.21. The van der Waals surface area contributed by atoms with Crippen LogP contribution in [-0.2, 0) is 11.2 Å². The standard InChI is InChI=1S/C14H12BrClN2O2/c1-20-11-4-2-3-9(5-11)6-13(19)18-12-7-10(15)8-17-14(12)16/h2-5,7-8H,6H2,1H3,(H,18,19). The second-order valence-electron chi connectivity index (χ2n) is 4.07. The molecule has 0 saturated heterocycles. The van der Waals surface area contributed by atoms with Crippen LogP contribution in [0.25, 0.3) is 0 Å². The average molecular weight is 356 g/mol. The fourth-order valence-corrected chi connectivity index (χ4v) is 2.15. The third kappa shape index (κ3) is 3.95. The van der Waals surface area contributed by atoms with E-state index in [2.05, 4.69) is 26.2 Å². The van der Waals surface area contributed by atoms with E-state index >= 15 is 0 Å². The second-order valence-corrected chi connectivity index (χ2v) is 5.34. The van der Waals surface area contributed by atoms with Gasteiger partial charge in [0.1, 0.15) is 5.75 Å². The van der Waals surface area contributed by atoms with Crippen LogP contribution in [0.15, 0.2) is 41.0 Å². The van der Waals surface area contributed by atoms with E-state index in [1.165, 1.54) is 0 Å². The maximum Gasteiger partial charge on any atom is 0.228 e. The smallest absolute Gasteiger partial charge is 0.228 e. The van der Waals surface area contributed by atoms with Crippen LogP contribution in [0.4, 0.5) is 5.69 Å². The number of anilines is 1. The molecule has 0 aliphatic carbocycles. The predicted molar refractivity (Wildman–Crippen MR) is 82.3 cm³/mol. The quantitative estimate of drug-likeness (QED) is 0.851. The Bertz CT molecular complexity index is 634. The summed E-state index contributed by atoms with van der Waals surface area (Å²) in [4.78, 5) is 15.9. The highest BCUT2D eigenvalue weighted by Gasteiger charge is 2.09. The molecule has 0 unspecified atom stereocenters. The molecule has 1 N–H and O–H groups in total. The van der Waals surface area contributed by atoms with Crippen LogP contribution >= 0.6 is 27.5 Å². The molecule has 1 amide bonds. The molecule has 0 radical (unpaired) electrons. The molecule has 1 aromatic carbocycles. The summed E-state index contributed by atoms with van der Waals surface area (Å²) < 4.78 is 5.87. The van der Waals surface area contributed by atoms with Crippen molar-refractivity contribution in [1.29, 1.82) is 0 Å². The van der Waals surface area contributed by atoms with Crippen molar-refractivity contribution in [2.75, 3.05) is 12.4 Å². The zero-order valence-corrected chi connectivity index (χ0v) is 13.0. The topological polar surface area (TPSA) is 51.2 Å². The Labute approximate surface area is 130 Å². The predicted octanol–water partition coefficient (Wildman–Crippen LogP) is 3.69. The number of amides is 1. The lowest BCUT2D eigenvalue weighted by Gasteiger charge is -2.08. The molecular formula is C14H12BrClN2O2. The molecule has 0 bridgehead atoms. The van der Waals surface area contributed by atoms with Crippen molar-refractivity contribution in [3.63, 3.8) is 0 Å². The molecule has 0 saturated carbocycles. The van der Waals surface area contributed by atoms with Gasteiger partial charge in [0.25, 0.3) is 0 Å². The minimum absolute atomic E-state index is 0.167. The van der Waals surface area contributed by atoms with Crippen LogP contribution in [-0.4, -0.2) is 18.0 Å². The van der Waals surface area contributed by atoms with Gasteiger partial charge in [0.15, 0.2) is 5.15 Å². The zero-order valence-electron chi connectivity index (χ0n) is 10.7. The lowest BCUT2D eigenvalue weighted by atomic mass is 10.1. The Kier molecular flexibility index (Phi) is 4.98. The van der Waals surface area contributed by atoms with E-state index in [1.807, 2.05) is 24.3 Å². The molecule has 6 heteroatoms. The lowest BCUT2D eigenvalue weighted by molar-refractivity contribution is -0.115. The largest absolute Gasteiger partial charge is 0.497 e. The number of benzene rings is 1. The molecule has 1 aromatic heterocycles. The maximum atomic E-state index is 12.0. The molecule has 104 valence electrons. The number of carbonyl (C=O) groups is 1. The molecule has 0 atom stereocenters. The Morgan fingerprint density at radius 1 is 1.45 bits per heavy atom. The van der Waals surface area contributed by atoms with Crippen LogP contribution < -0.4 is 10.1 Å². The maximum absolute atomic E-state index is 12.0. The third-order valence-electron chi connectivity index (χ3n) is 2.58. The summed E-state index contributed by atoms with van der Waals surface area (Å²) in [5.74, 6) is 0.553. The fraction of sp³-hybridized carbons (Fsp3) is 0.143. The first-order chi connectivity index (χ1) is 9.58. The van der Waals surface area contributed by atoms with Crippen LogP contribution in [0.1, 0.15) is 5.56 Å². The van der Waals surface area contributed by atoms with Crippen LogP contribution in [0.2, 0.25) is 5.15 Å². The van der Waals surface area contributed by atoms with Crippen LogP contribution in [0.5, 0.6) is 5.75 Å². The van der Waals surface area contributed by atoms with Gasteiger partial charge < -0.3 is 10.1 Å². The van der Waals surface area contributed by atoms with E-state index in [1.54, 1.807) is 19.4 Å². The highest BCUT2D eigenvalue weighted by Crippen LogP contribution is 2.23. The lowest BCUT2D eigenvalue weighted by Crippen LogP contribution is -2.15. The van der Waals surface area contributed by atoms with Crippen molar-refractivity contribution in [1.82, 2.24) is 4.98 Å². The van der Waals surface area contributed by atoms with Crippen molar-refractivity contribution in [3.8, 4) is 5.75 Å². The Morgan fingerprint density at radius 2 is 2.25 bits per heavy atom. The van der Waals surface area contributed by atoms with Crippen molar-refractivity contribution < 1.29 is 9.53 Å². The van der Waals surface area contributed by atoms with Gasteiger partial charge in [0.2, 0.25) is 5.91 Å². The van der Waals surface area contributed by atoms with Gasteiger partial charge in [-0.25, -0.2) is 4.98 Å². The van der Waals surface area contributed by atoms with E-state index in [0.717, 1.165) is 15.8 Å². The number of rotatable bonds is 4. The van der Waals surface area contributed by atoms with Crippen molar-refractivity contribution in [2.45, 2.75) is 6.42 Å². The first kappa shape index (κ1) is 14.8. The molecule has 4 nitrogen and oxygen atoms in total. The van der Waals surface area contributed by atoms with Crippen LogP contribution in [0.3, 0.4) is 0 Å². The Hall–Kier alpha value is -1.59. The Balaban J connectivity index is 2.07. The summed E-state index contributed by atoms with van der Waals surface area (Å²) in [5, 5.41) is 2.99. The number of methoxy groups -OCH3 is 1. The van der Waals surface area contributed by atoms with Crippen molar-refractivity contribution in [3.05, 3.63) is 51.7 Å². The van der Waals surface area contributed by atoms with E-state index in [4.69, 9.17) is 16.3 Å². The average Bonchev–Trinajstić information content (AvgIpc) is 2.43. The number of nitrogens with one attached hydrogen (secondary N) is 1. The third-order valence-corrected chi connectivity index (χ3v) is 3.31. The molecule has 2 aromatic rings. The summed E-state index contributed by atoms with van der Waals surface area (Å²) in [6, 6.07) is 9.06. The SMILES string of the molecule is COc1cccc(CC(=O)Nc2cc(Br)cnc2Cl)c1. The Morgan fingerprint density at radius 3 is 3.00 bits per heavy atom. The van der Waals surface area contributed by atoms with E-state index < -0.39 is 0 Å². The molecule has 0 aliphatic rings. The highest BCUT2D eigenvalue weighted by molar-refractivity contribution is 9.10. The minimum Gasteiger partial charge on any atom is -0.497 e. The zero-order chi connectivity index (χ0) is 14.5. The monoisotopic (exact) mass is 354 g/mol. The second kappa shape index (κ2) is 6.72. The fourth-order valence-electron chi connectivity index (χ4n) is 1.67. The number of ether oxygens (including phenoxy) is 1. The van der Waals surface area contributed by atoms with Crippen molar-refractivity contribution >= 4 is 39.1 Å². The van der Waals surface area contributed by atoms with Gasteiger partial charge in [-0.05, 0) is 39.7 Å². The molecule has 0 spiro atoms. The summed E-state index contributed by atoms with van der Waals surface area (Å²) in [5.41, 5.74) is 1.34. The molecule has 0 fully saturated rings. The summed E-state index contributed by atoms with van der Waals surface area (Å²) in [6.07, 6.45) is 1.81. The minimum atomic E-state index is -0.167. The number of halogens is 2. The number of nitrogens with zero attached hydrogens (tertiary/aromatic N) is 1. The molecular weight excluding hydrogens is 344 g/mol. The van der Waals surface area contributed by atoms with Gasteiger partial charge >= 0.3 is 0 Å². The first-order valence-corrected chi connectivity index (χ1v) is 6.99. The molecule has 1 heterocycles. The highest BCUT2D eigenvalue weighted by atomic mass is 79.9. The van der Waals surface area contributed by atoms with Crippen molar-refractivity contribution in [2.24, 2.45) is 0 Å². The number of hydrogen-bond donors (Lipinski definition) is 1. The molecule has 0 aliphatic heterocycles. The van der Waals surface area contributed by atoms with Gasteiger partial charge in [-0.2, -0.15) is 0 Å².